The van der Waals surface area contributed by atoms with E-state index >= 15 is 0 Å². The maximum Gasteiger partial charge on any atom is 0.170 e. The van der Waals surface area contributed by atoms with Crippen molar-refractivity contribution in [3.8, 4) is 5.75 Å². The van der Waals surface area contributed by atoms with E-state index in [2.05, 4.69) is 24.3 Å². The Morgan fingerprint density at radius 2 is 2.10 bits per heavy atom. The quantitative estimate of drug-likeness (QED) is 0.889. The van der Waals surface area contributed by atoms with Crippen molar-refractivity contribution in [3.63, 3.8) is 0 Å². The average Bonchev–Trinajstić information content (AvgIpc) is 2.79. The minimum absolute atomic E-state index is 0.262. The first-order valence-electron chi connectivity index (χ1n) is 7.09. The highest BCUT2D eigenvalue weighted by atomic mass is 19.1. The second-order valence-corrected chi connectivity index (χ2v) is 5.41. The molecule has 0 bridgehead atoms. The first-order chi connectivity index (χ1) is 10.0. The van der Waals surface area contributed by atoms with Gasteiger partial charge in [0.2, 0.25) is 0 Å². The largest absolute Gasteiger partial charge is 0.494 e. The van der Waals surface area contributed by atoms with E-state index in [0.29, 0.717) is 18.2 Å². The summed E-state index contributed by atoms with van der Waals surface area (Å²) >= 11 is 0. The first kappa shape index (κ1) is 15.5. The summed E-state index contributed by atoms with van der Waals surface area (Å²) in [7, 11) is 1.47. The van der Waals surface area contributed by atoms with Crippen molar-refractivity contribution in [3.05, 3.63) is 47.0 Å². The minimum Gasteiger partial charge on any atom is -0.494 e. The molecule has 2 aromatic rings. The molecule has 0 aliphatic carbocycles. The van der Waals surface area contributed by atoms with E-state index in [1.807, 2.05) is 13.1 Å². The molecule has 0 amide bonds. The van der Waals surface area contributed by atoms with Crippen molar-refractivity contribution in [2.45, 2.75) is 39.9 Å². The lowest BCUT2D eigenvalue weighted by molar-refractivity contribution is 0.383. The lowest BCUT2D eigenvalue weighted by Gasteiger charge is -2.07. The summed E-state index contributed by atoms with van der Waals surface area (Å²) in [6, 6.07) is 5.57. The van der Waals surface area contributed by atoms with E-state index in [4.69, 9.17) is 4.74 Å². The minimum atomic E-state index is -0.324. The van der Waals surface area contributed by atoms with Gasteiger partial charge in [0.05, 0.1) is 19.3 Å². The van der Waals surface area contributed by atoms with E-state index in [-0.39, 0.29) is 11.6 Å². The molecule has 4 nitrogen and oxygen atoms in total. The van der Waals surface area contributed by atoms with Crippen molar-refractivity contribution in [1.82, 2.24) is 15.1 Å². The SMILES string of the molecule is COc1cccc(Cn2cc(CNC(C)C)c(C)n2)c1F. The Morgan fingerprint density at radius 1 is 1.33 bits per heavy atom. The Hall–Kier alpha value is -1.88. The zero-order valence-electron chi connectivity index (χ0n) is 13.0. The van der Waals surface area contributed by atoms with Gasteiger partial charge in [0.1, 0.15) is 0 Å². The predicted octanol–water partition coefficient (Wildman–Crippen LogP) is 2.89. The maximum atomic E-state index is 14.1. The van der Waals surface area contributed by atoms with Crippen molar-refractivity contribution < 1.29 is 9.13 Å². The van der Waals surface area contributed by atoms with Crippen LogP contribution in [0.15, 0.2) is 24.4 Å². The zero-order valence-corrected chi connectivity index (χ0v) is 13.0. The molecule has 0 fully saturated rings. The number of methoxy groups -OCH3 is 1. The van der Waals surface area contributed by atoms with Gasteiger partial charge in [-0.1, -0.05) is 26.0 Å². The fourth-order valence-electron chi connectivity index (χ4n) is 2.14. The van der Waals surface area contributed by atoms with Crippen molar-refractivity contribution in [2.24, 2.45) is 0 Å². The summed E-state index contributed by atoms with van der Waals surface area (Å²) in [5.41, 5.74) is 2.67. The number of aromatic nitrogens is 2. The molecular formula is C16H22FN3O. The summed E-state index contributed by atoms with van der Waals surface area (Å²) < 4.78 is 20.9. The van der Waals surface area contributed by atoms with Gasteiger partial charge in [0.25, 0.3) is 0 Å². The molecule has 0 radical (unpaired) electrons. The summed E-state index contributed by atoms with van der Waals surface area (Å²) in [4.78, 5) is 0. The van der Waals surface area contributed by atoms with Crippen LogP contribution in [0.4, 0.5) is 4.39 Å². The fraction of sp³-hybridized carbons (Fsp3) is 0.438. The van der Waals surface area contributed by atoms with Gasteiger partial charge in [-0.2, -0.15) is 5.10 Å². The van der Waals surface area contributed by atoms with E-state index in [9.17, 15) is 4.39 Å². The van der Waals surface area contributed by atoms with Crippen LogP contribution in [0.1, 0.15) is 30.7 Å². The monoisotopic (exact) mass is 291 g/mol. The second-order valence-electron chi connectivity index (χ2n) is 5.41. The Kier molecular flexibility index (Phi) is 4.96. The summed E-state index contributed by atoms with van der Waals surface area (Å²) in [5.74, 6) is -0.0620. The van der Waals surface area contributed by atoms with Crippen LogP contribution in [-0.2, 0) is 13.1 Å². The number of nitrogens with zero attached hydrogens (tertiary/aromatic N) is 2. The van der Waals surface area contributed by atoms with E-state index in [0.717, 1.165) is 17.8 Å². The third-order valence-corrected chi connectivity index (χ3v) is 3.34. The van der Waals surface area contributed by atoms with Crippen LogP contribution < -0.4 is 10.1 Å². The molecule has 21 heavy (non-hydrogen) atoms. The van der Waals surface area contributed by atoms with Crippen molar-refractivity contribution in [2.75, 3.05) is 7.11 Å². The maximum absolute atomic E-state index is 14.1. The Bertz CT molecular complexity index is 608. The second kappa shape index (κ2) is 6.72. The Labute approximate surface area is 124 Å². The van der Waals surface area contributed by atoms with E-state index in [1.54, 1.807) is 22.9 Å². The van der Waals surface area contributed by atoms with Crippen LogP contribution in [0.5, 0.6) is 5.75 Å². The van der Waals surface area contributed by atoms with Crippen LogP contribution in [0, 0.1) is 12.7 Å². The molecule has 0 atom stereocenters. The fourth-order valence-corrected chi connectivity index (χ4v) is 2.14. The number of nitrogens with one attached hydrogen (secondary N) is 1. The molecule has 0 unspecified atom stereocenters. The highest BCUT2D eigenvalue weighted by molar-refractivity contribution is 5.31. The standard InChI is InChI=1S/C16H22FN3O/c1-11(2)18-8-14-10-20(19-12(14)3)9-13-6-5-7-15(21-4)16(13)17/h5-7,10-11,18H,8-9H2,1-4H3. The molecular weight excluding hydrogens is 269 g/mol. The molecule has 0 saturated heterocycles. The van der Waals surface area contributed by atoms with Crippen LogP contribution in [0.2, 0.25) is 0 Å². The molecule has 0 aliphatic heterocycles. The number of hydrogen-bond donors (Lipinski definition) is 1. The van der Waals surface area contributed by atoms with E-state index in [1.165, 1.54) is 7.11 Å². The molecule has 1 aromatic carbocycles. The number of aryl methyl sites for hydroxylation is 1. The molecule has 2 rings (SSSR count). The van der Waals surface area contributed by atoms with Crippen LogP contribution in [0.25, 0.3) is 0 Å². The summed E-state index contributed by atoms with van der Waals surface area (Å²) in [5, 5.41) is 7.81. The predicted molar refractivity (Wildman–Crippen MR) is 81.0 cm³/mol. The van der Waals surface area contributed by atoms with Crippen LogP contribution >= 0.6 is 0 Å². The van der Waals surface area contributed by atoms with Crippen molar-refractivity contribution in [1.29, 1.82) is 0 Å². The lowest BCUT2D eigenvalue weighted by Crippen LogP contribution is -2.21. The number of halogens is 1. The Morgan fingerprint density at radius 3 is 2.76 bits per heavy atom. The number of ether oxygens (including phenoxy) is 1. The van der Waals surface area contributed by atoms with Gasteiger partial charge in [-0.15, -0.1) is 0 Å². The summed E-state index contributed by atoms with van der Waals surface area (Å²) in [6.07, 6.45) is 1.96. The molecule has 0 saturated carbocycles. The average molecular weight is 291 g/mol. The topological polar surface area (TPSA) is 39.1 Å². The van der Waals surface area contributed by atoms with Gasteiger partial charge in [-0.05, 0) is 13.0 Å². The van der Waals surface area contributed by atoms with Gasteiger partial charge in [-0.25, -0.2) is 4.39 Å². The number of benzene rings is 1. The molecule has 5 heteroatoms. The van der Waals surface area contributed by atoms with Gasteiger partial charge < -0.3 is 10.1 Å². The summed E-state index contributed by atoms with van der Waals surface area (Å²) in [6.45, 7) is 7.34. The zero-order chi connectivity index (χ0) is 15.4. The molecule has 1 N–H and O–H groups in total. The van der Waals surface area contributed by atoms with Gasteiger partial charge in [-0.3, -0.25) is 4.68 Å². The van der Waals surface area contributed by atoms with E-state index < -0.39 is 0 Å². The molecule has 0 aliphatic rings. The smallest absolute Gasteiger partial charge is 0.170 e. The number of hydrogen-bond acceptors (Lipinski definition) is 3. The van der Waals surface area contributed by atoms with Crippen LogP contribution in [-0.4, -0.2) is 22.9 Å². The number of rotatable bonds is 6. The van der Waals surface area contributed by atoms with Gasteiger partial charge in [0.15, 0.2) is 11.6 Å². The molecule has 1 heterocycles. The van der Waals surface area contributed by atoms with Crippen molar-refractivity contribution >= 4 is 0 Å². The molecule has 114 valence electrons. The molecule has 0 spiro atoms. The normalized spacial score (nSPS) is 11.1. The van der Waals surface area contributed by atoms with Gasteiger partial charge in [0, 0.05) is 29.9 Å². The highest BCUT2D eigenvalue weighted by Gasteiger charge is 2.11. The lowest BCUT2D eigenvalue weighted by atomic mass is 10.2. The first-order valence-corrected chi connectivity index (χ1v) is 7.09. The Balaban J connectivity index is 2.15. The highest BCUT2D eigenvalue weighted by Crippen LogP contribution is 2.21. The molecule has 1 aromatic heterocycles. The third-order valence-electron chi connectivity index (χ3n) is 3.34. The van der Waals surface area contributed by atoms with Crippen LogP contribution in [0.3, 0.4) is 0 Å². The third kappa shape index (κ3) is 3.82. The van der Waals surface area contributed by atoms with Gasteiger partial charge >= 0.3 is 0 Å².